The number of hydrogen-bond acceptors (Lipinski definition) is 6. The molecule has 172 valence electrons. The van der Waals surface area contributed by atoms with Crippen LogP contribution < -0.4 is 20.3 Å². The van der Waals surface area contributed by atoms with E-state index in [1.54, 1.807) is 12.1 Å². The number of halogens is 1. The molecule has 1 amide bonds. The molecule has 1 saturated heterocycles. The number of methoxy groups -OCH3 is 1. The van der Waals surface area contributed by atoms with Crippen LogP contribution in [0.25, 0.3) is 0 Å². The molecule has 2 aliphatic rings. The molecule has 1 heterocycles. The van der Waals surface area contributed by atoms with Gasteiger partial charge in [0.15, 0.2) is 11.6 Å². The first-order valence-corrected chi connectivity index (χ1v) is 11.0. The molecule has 0 unspecified atom stereocenters. The van der Waals surface area contributed by atoms with Gasteiger partial charge in [0.2, 0.25) is 0 Å². The van der Waals surface area contributed by atoms with Crippen LogP contribution >= 0.6 is 0 Å². The number of rotatable bonds is 8. The first-order chi connectivity index (χ1) is 15.4. The lowest BCUT2D eigenvalue weighted by Crippen LogP contribution is -2.45. The third-order valence-corrected chi connectivity index (χ3v) is 6.20. The van der Waals surface area contributed by atoms with E-state index >= 15 is 0 Å². The maximum atomic E-state index is 14.0. The van der Waals surface area contributed by atoms with E-state index in [1.165, 1.54) is 13.2 Å². The molecule has 3 N–H and O–H groups in total. The summed E-state index contributed by atoms with van der Waals surface area (Å²) in [5, 5.41) is 16.3. The number of likely N-dealkylation sites (N-methyl/N-ethyl adjacent to an activating group) is 1. The van der Waals surface area contributed by atoms with Crippen molar-refractivity contribution in [3.8, 4) is 5.75 Å². The smallest absolute Gasteiger partial charge is 0.253 e. The lowest BCUT2D eigenvalue weighted by Gasteiger charge is -2.35. The third-order valence-electron chi connectivity index (χ3n) is 6.20. The van der Waals surface area contributed by atoms with Gasteiger partial charge in [0, 0.05) is 50.6 Å². The van der Waals surface area contributed by atoms with Crippen LogP contribution in [-0.4, -0.2) is 68.4 Å². The predicted molar refractivity (Wildman–Crippen MR) is 123 cm³/mol. The molecule has 1 saturated carbocycles. The van der Waals surface area contributed by atoms with Gasteiger partial charge in [-0.05, 0) is 55.8 Å². The van der Waals surface area contributed by atoms with E-state index in [-0.39, 0.29) is 18.2 Å². The minimum atomic E-state index is -0.752. The SMILES string of the molecule is COc1ccc(CNc2ccc(N3CCN(C)CC3)c(C(=O)NCC3(O)CC3)c2)cc1F. The summed E-state index contributed by atoms with van der Waals surface area (Å²) in [6.45, 7) is 4.23. The Kier molecular flexibility index (Phi) is 6.53. The molecule has 1 aliphatic carbocycles. The number of nitrogens with one attached hydrogen (secondary N) is 2. The zero-order chi connectivity index (χ0) is 22.7. The van der Waals surface area contributed by atoms with Crippen LogP contribution in [0.5, 0.6) is 5.75 Å². The van der Waals surface area contributed by atoms with Gasteiger partial charge in [-0.15, -0.1) is 0 Å². The minimum Gasteiger partial charge on any atom is -0.494 e. The molecule has 2 fully saturated rings. The number of aliphatic hydroxyl groups is 1. The molecule has 2 aromatic carbocycles. The molecular formula is C24H31FN4O3. The molecule has 0 bridgehead atoms. The van der Waals surface area contributed by atoms with Crippen molar-refractivity contribution in [1.82, 2.24) is 10.2 Å². The van der Waals surface area contributed by atoms with Gasteiger partial charge in [-0.1, -0.05) is 6.07 Å². The summed E-state index contributed by atoms with van der Waals surface area (Å²) in [5.41, 5.74) is 2.25. The molecule has 4 rings (SSSR count). The van der Waals surface area contributed by atoms with E-state index in [2.05, 4.69) is 27.5 Å². The Hall–Kier alpha value is -2.84. The van der Waals surface area contributed by atoms with Crippen molar-refractivity contribution in [1.29, 1.82) is 0 Å². The van der Waals surface area contributed by atoms with Crippen molar-refractivity contribution in [3.63, 3.8) is 0 Å². The van der Waals surface area contributed by atoms with Crippen molar-refractivity contribution < 1.29 is 19.0 Å². The van der Waals surface area contributed by atoms with Gasteiger partial charge in [-0.25, -0.2) is 4.39 Å². The summed E-state index contributed by atoms with van der Waals surface area (Å²) in [7, 11) is 3.53. The molecule has 2 aromatic rings. The fraction of sp³-hybridized carbons (Fsp3) is 0.458. The van der Waals surface area contributed by atoms with Gasteiger partial charge in [-0.3, -0.25) is 4.79 Å². The van der Waals surface area contributed by atoms with E-state index in [4.69, 9.17) is 4.74 Å². The standard InChI is InChI=1S/C24H31FN4O3/c1-28-9-11-29(12-10-28)21-5-4-18(14-19(21)23(30)27-16-24(31)7-8-24)26-15-17-3-6-22(32-2)20(25)13-17/h3-6,13-14,26,31H,7-12,15-16H2,1-2H3,(H,27,30). The lowest BCUT2D eigenvalue weighted by atomic mass is 10.1. The zero-order valence-corrected chi connectivity index (χ0v) is 18.7. The molecule has 0 radical (unpaired) electrons. The van der Waals surface area contributed by atoms with E-state index < -0.39 is 11.4 Å². The van der Waals surface area contributed by atoms with Crippen LogP contribution in [0.1, 0.15) is 28.8 Å². The second-order valence-electron chi connectivity index (χ2n) is 8.75. The summed E-state index contributed by atoms with van der Waals surface area (Å²) < 4.78 is 19.0. The maximum Gasteiger partial charge on any atom is 0.253 e. The van der Waals surface area contributed by atoms with Crippen LogP contribution in [0.15, 0.2) is 36.4 Å². The molecule has 1 aliphatic heterocycles. The predicted octanol–water partition coefficient (Wildman–Crippen LogP) is 2.45. The molecular weight excluding hydrogens is 411 g/mol. The quantitative estimate of drug-likeness (QED) is 0.583. The summed E-state index contributed by atoms with van der Waals surface area (Å²) in [4.78, 5) is 17.5. The largest absolute Gasteiger partial charge is 0.494 e. The molecule has 0 spiro atoms. The number of hydrogen-bond donors (Lipinski definition) is 3. The Morgan fingerprint density at radius 3 is 2.56 bits per heavy atom. The Bertz CT molecular complexity index is 972. The van der Waals surface area contributed by atoms with Crippen LogP contribution in [0.2, 0.25) is 0 Å². The first kappa shape index (κ1) is 22.4. The molecule has 7 nitrogen and oxygen atoms in total. The third kappa shape index (κ3) is 5.31. The minimum absolute atomic E-state index is 0.196. The number of benzene rings is 2. The van der Waals surface area contributed by atoms with Gasteiger partial charge in [0.1, 0.15) is 0 Å². The molecule has 8 heteroatoms. The van der Waals surface area contributed by atoms with Crippen molar-refractivity contribution in [2.24, 2.45) is 0 Å². The van der Waals surface area contributed by atoms with E-state index in [9.17, 15) is 14.3 Å². The number of carbonyl (C=O) groups is 1. The van der Waals surface area contributed by atoms with Crippen LogP contribution in [0.4, 0.5) is 15.8 Å². The van der Waals surface area contributed by atoms with Crippen molar-refractivity contribution in [2.45, 2.75) is 25.0 Å². The van der Waals surface area contributed by atoms with Gasteiger partial charge in [-0.2, -0.15) is 0 Å². The van der Waals surface area contributed by atoms with Gasteiger partial charge in [0.05, 0.1) is 18.3 Å². The average Bonchev–Trinajstić information content (AvgIpc) is 3.54. The number of nitrogens with zero attached hydrogens (tertiary/aromatic N) is 2. The summed E-state index contributed by atoms with van der Waals surface area (Å²) in [6.07, 6.45) is 1.44. The van der Waals surface area contributed by atoms with Gasteiger partial charge in [0.25, 0.3) is 5.91 Å². The molecule has 32 heavy (non-hydrogen) atoms. The summed E-state index contributed by atoms with van der Waals surface area (Å²) >= 11 is 0. The average molecular weight is 443 g/mol. The summed E-state index contributed by atoms with van der Waals surface area (Å²) in [5.74, 6) is -0.393. The highest BCUT2D eigenvalue weighted by atomic mass is 19.1. The Morgan fingerprint density at radius 1 is 1.16 bits per heavy atom. The Morgan fingerprint density at radius 2 is 1.91 bits per heavy atom. The monoisotopic (exact) mass is 442 g/mol. The van der Waals surface area contributed by atoms with Crippen LogP contribution in [0, 0.1) is 5.82 Å². The van der Waals surface area contributed by atoms with E-state index in [0.717, 1.165) is 56.0 Å². The number of piperazine rings is 1. The zero-order valence-electron chi connectivity index (χ0n) is 18.7. The topological polar surface area (TPSA) is 77.1 Å². The number of carbonyl (C=O) groups excluding carboxylic acids is 1. The number of ether oxygens (including phenoxy) is 1. The maximum absolute atomic E-state index is 14.0. The van der Waals surface area contributed by atoms with Crippen molar-refractivity contribution in [2.75, 3.05) is 57.1 Å². The normalized spacial score (nSPS) is 17.7. The second kappa shape index (κ2) is 9.34. The van der Waals surface area contributed by atoms with Crippen molar-refractivity contribution >= 4 is 17.3 Å². The molecule has 0 aromatic heterocycles. The highest BCUT2D eigenvalue weighted by molar-refractivity contribution is 6.01. The lowest BCUT2D eigenvalue weighted by molar-refractivity contribution is 0.0896. The fourth-order valence-electron chi connectivity index (χ4n) is 3.84. The first-order valence-electron chi connectivity index (χ1n) is 11.0. The second-order valence-corrected chi connectivity index (χ2v) is 8.75. The van der Waals surface area contributed by atoms with Crippen LogP contribution in [-0.2, 0) is 6.54 Å². The Labute approximate surface area is 188 Å². The van der Waals surface area contributed by atoms with Gasteiger partial charge < -0.3 is 30.3 Å². The van der Waals surface area contributed by atoms with Gasteiger partial charge >= 0.3 is 0 Å². The fourth-order valence-corrected chi connectivity index (χ4v) is 3.84. The highest BCUT2D eigenvalue weighted by Gasteiger charge is 2.40. The molecule has 0 atom stereocenters. The Balaban J connectivity index is 1.51. The number of amides is 1. The van der Waals surface area contributed by atoms with E-state index in [0.29, 0.717) is 12.1 Å². The van der Waals surface area contributed by atoms with Crippen LogP contribution in [0.3, 0.4) is 0 Å². The number of anilines is 2. The highest BCUT2D eigenvalue weighted by Crippen LogP contribution is 2.34. The van der Waals surface area contributed by atoms with Crippen molar-refractivity contribution in [3.05, 3.63) is 53.3 Å². The summed E-state index contributed by atoms with van der Waals surface area (Å²) in [6, 6.07) is 10.6. The van der Waals surface area contributed by atoms with E-state index in [1.807, 2.05) is 18.2 Å².